The maximum absolute atomic E-state index is 14.5. The van der Waals surface area contributed by atoms with Crippen molar-refractivity contribution in [2.75, 3.05) is 0 Å². The van der Waals surface area contributed by atoms with Gasteiger partial charge in [0.2, 0.25) is 11.8 Å². The van der Waals surface area contributed by atoms with Gasteiger partial charge < -0.3 is 11.1 Å². The van der Waals surface area contributed by atoms with Gasteiger partial charge in [0.1, 0.15) is 5.83 Å². The summed E-state index contributed by atoms with van der Waals surface area (Å²) >= 11 is 0. The van der Waals surface area contributed by atoms with Gasteiger partial charge in [-0.05, 0) is 24.8 Å². The van der Waals surface area contributed by atoms with Gasteiger partial charge in [0.05, 0.1) is 6.04 Å². The zero-order valence-electron chi connectivity index (χ0n) is 16.1. The Morgan fingerprint density at radius 3 is 2.52 bits per heavy atom. The van der Waals surface area contributed by atoms with Gasteiger partial charge in [-0.3, -0.25) is 9.59 Å². The summed E-state index contributed by atoms with van der Waals surface area (Å²) < 4.78 is 14.5. The summed E-state index contributed by atoms with van der Waals surface area (Å²) in [5.41, 5.74) is 6.21. The number of carbonyl (C=O) groups is 2. The maximum atomic E-state index is 14.5. The Morgan fingerprint density at radius 2 is 1.85 bits per heavy atom. The van der Waals surface area contributed by atoms with Crippen LogP contribution in [-0.2, 0) is 16.0 Å². The molecule has 148 valence electrons. The van der Waals surface area contributed by atoms with Crippen molar-refractivity contribution in [3.05, 3.63) is 60.0 Å². The first-order chi connectivity index (χ1) is 13.0. The summed E-state index contributed by atoms with van der Waals surface area (Å²) in [6, 6.07) is 8.81. The van der Waals surface area contributed by atoms with Crippen molar-refractivity contribution in [1.82, 2.24) is 5.32 Å². The van der Waals surface area contributed by atoms with E-state index in [4.69, 9.17) is 5.73 Å². The number of amides is 2. The fraction of sp³-hybridized carbons (Fsp3) is 0.455. The van der Waals surface area contributed by atoms with E-state index in [-0.39, 0.29) is 5.91 Å². The predicted octanol–water partition coefficient (Wildman–Crippen LogP) is 4.36. The first-order valence-corrected chi connectivity index (χ1v) is 9.69. The molecule has 0 aliphatic heterocycles. The van der Waals surface area contributed by atoms with E-state index in [9.17, 15) is 14.0 Å². The van der Waals surface area contributed by atoms with E-state index in [1.54, 1.807) is 0 Å². The number of nitrogens with two attached hydrogens (primary N) is 1. The van der Waals surface area contributed by atoms with Crippen molar-refractivity contribution in [3.63, 3.8) is 0 Å². The highest BCUT2D eigenvalue weighted by Gasteiger charge is 2.14. The van der Waals surface area contributed by atoms with Crippen molar-refractivity contribution >= 4 is 11.8 Å². The lowest BCUT2D eigenvalue weighted by Gasteiger charge is -2.13. The lowest BCUT2D eigenvalue weighted by Crippen LogP contribution is -2.34. The highest BCUT2D eigenvalue weighted by Crippen LogP contribution is 2.12. The van der Waals surface area contributed by atoms with Crippen molar-refractivity contribution < 1.29 is 14.0 Å². The topological polar surface area (TPSA) is 72.2 Å². The largest absolute Gasteiger partial charge is 0.366 e. The Bertz CT molecular complexity index is 626. The molecular formula is C22H31FN2O2. The molecule has 0 fully saturated rings. The van der Waals surface area contributed by atoms with Gasteiger partial charge in [-0.25, -0.2) is 4.39 Å². The highest BCUT2D eigenvalue weighted by atomic mass is 19.1. The van der Waals surface area contributed by atoms with E-state index in [0.29, 0.717) is 19.3 Å². The van der Waals surface area contributed by atoms with Crippen molar-refractivity contribution in [2.24, 2.45) is 5.73 Å². The molecule has 1 aromatic carbocycles. The number of benzene rings is 1. The summed E-state index contributed by atoms with van der Waals surface area (Å²) in [5.74, 6) is -1.38. The molecule has 1 atom stereocenters. The standard InChI is InChI=1S/C22H31FN2O2/c1-2-3-4-5-9-15-22(27)25-20(16-17-21(24)26)19(23)14-10-13-18-11-7-6-8-12-18/h6-8,11-12,14,16-17,20H,2-5,9-10,13,15H2,1H3,(H2,24,26)(H,25,27)/b17-16+,19-14-. The smallest absolute Gasteiger partial charge is 0.241 e. The van der Waals surface area contributed by atoms with Crippen LogP contribution in [-0.4, -0.2) is 17.9 Å². The van der Waals surface area contributed by atoms with E-state index in [0.717, 1.165) is 43.7 Å². The zero-order valence-corrected chi connectivity index (χ0v) is 16.1. The molecule has 0 radical (unpaired) electrons. The lowest BCUT2D eigenvalue weighted by molar-refractivity contribution is -0.121. The number of unbranched alkanes of at least 4 members (excludes halogenated alkanes) is 4. The minimum atomic E-state index is -0.962. The first kappa shape index (κ1) is 22.6. The van der Waals surface area contributed by atoms with Crippen LogP contribution in [0.1, 0.15) is 57.4 Å². The molecule has 0 bridgehead atoms. The molecule has 1 rings (SSSR count). The van der Waals surface area contributed by atoms with Crippen LogP contribution in [0, 0.1) is 0 Å². The Balaban J connectivity index is 2.56. The molecule has 0 heterocycles. The Kier molecular flexibility index (Phi) is 11.5. The molecule has 0 aromatic heterocycles. The van der Waals surface area contributed by atoms with Crippen LogP contribution in [0.4, 0.5) is 4.39 Å². The van der Waals surface area contributed by atoms with Crippen molar-refractivity contribution in [3.8, 4) is 0 Å². The number of hydrogen-bond acceptors (Lipinski definition) is 2. The van der Waals surface area contributed by atoms with E-state index in [2.05, 4.69) is 12.2 Å². The molecule has 4 nitrogen and oxygen atoms in total. The average Bonchev–Trinajstić information content (AvgIpc) is 2.65. The summed E-state index contributed by atoms with van der Waals surface area (Å²) in [6.07, 6.45) is 10.5. The van der Waals surface area contributed by atoms with Gasteiger partial charge in [-0.1, -0.05) is 75.1 Å². The normalized spacial score (nSPS) is 12.9. The fourth-order valence-corrected chi connectivity index (χ4v) is 2.68. The van der Waals surface area contributed by atoms with Gasteiger partial charge in [0.25, 0.3) is 0 Å². The van der Waals surface area contributed by atoms with Gasteiger partial charge in [-0.15, -0.1) is 0 Å². The second-order valence-electron chi connectivity index (χ2n) is 6.58. The maximum Gasteiger partial charge on any atom is 0.241 e. The third-order valence-electron chi connectivity index (χ3n) is 4.19. The number of aryl methyl sites for hydroxylation is 1. The Hall–Kier alpha value is -2.43. The van der Waals surface area contributed by atoms with Gasteiger partial charge in [-0.2, -0.15) is 0 Å². The number of nitrogens with one attached hydrogen (secondary N) is 1. The molecule has 27 heavy (non-hydrogen) atoms. The number of hydrogen-bond donors (Lipinski definition) is 2. The zero-order chi connectivity index (χ0) is 19.9. The average molecular weight is 375 g/mol. The number of carbonyl (C=O) groups excluding carboxylic acids is 2. The second kappa shape index (κ2) is 13.7. The molecule has 1 aromatic rings. The molecule has 5 heteroatoms. The lowest BCUT2D eigenvalue weighted by atomic mass is 10.1. The first-order valence-electron chi connectivity index (χ1n) is 9.69. The number of halogens is 1. The molecule has 0 spiro atoms. The molecule has 0 saturated heterocycles. The molecule has 3 N–H and O–H groups in total. The fourth-order valence-electron chi connectivity index (χ4n) is 2.68. The number of primary amides is 1. The predicted molar refractivity (Wildman–Crippen MR) is 108 cm³/mol. The van der Waals surface area contributed by atoms with Gasteiger partial charge in [0.15, 0.2) is 0 Å². The van der Waals surface area contributed by atoms with Crippen molar-refractivity contribution in [1.29, 1.82) is 0 Å². The monoisotopic (exact) mass is 374 g/mol. The summed E-state index contributed by atoms with van der Waals surface area (Å²) in [7, 11) is 0. The third kappa shape index (κ3) is 11.0. The summed E-state index contributed by atoms with van der Waals surface area (Å²) in [6.45, 7) is 2.13. The molecule has 0 aliphatic rings. The van der Waals surface area contributed by atoms with E-state index >= 15 is 0 Å². The van der Waals surface area contributed by atoms with E-state index in [1.165, 1.54) is 12.2 Å². The molecule has 0 aliphatic carbocycles. The van der Waals surface area contributed by atoms with Crippen LogP contribution < -0.4 is 11.1 Å². The van der Waals surface area contributed by atoms with Gasteiger partial charge >= 0.3 is 0 Å². The molecule has 0 saturated carbocycles. The van der Waals surface area contributed by atoms with Crippen LogP contribution in [0.5, 0.6) is 0 Å². The number of allylic oxidation sites excluding steroid dienone is 1. The van der Waals surface area contributed by atoms with Crippen LogP contribution in [0.25, 0.3) is 0 Å². The van der Waals surface area contributed by atoms with Crippen LogP contribution in [0.2, 0.25) is 0 Å². The minimum Gasteiger partial charge on any atom is -0.366 e. The Morgan fingerprint density at radius 1 is 1.15 bits per heavy atom. The number of rotatable bonds is 13. The highest BCUT2D eigenvalue weighted by molar-refractivity contribution is 5.86. The van der Waals surface area contributed by atoms with Crippen LogP contribution >= 0.6 is 0 Å². The Labute approximate surface area is 161 Å². The van der Waals surface area contributed by atoms with Crippen molar-refractivity contribution in [2.45, 2.75) is 64.3 Å². The summed E-state index contributed by atoms with van der Waals surface area (Å²) in [4.78, 5) is 23.0. The van der Waals surface area contributed by atoms with E-state index < -0.39 is 17.8 Å². The van der Waals surface area contributed by atoms with Crippen LogP contribution in [0.3, 0.4) is 0 Å². The molecule has 1 unspecified atom stereocenters. The van der Waals surface area contributed by atoms with Crippen LogP contribution in [0.15, 0.2) is 54.4 Å². The van der Waals surface area contributed by atoms with E-state index in [1.807, 2.05) is 30.3 Å². The molecular weight excluding hydrogens is 343 g/mol. The quantitative estimate of drug-likeness (QED) is 0.398. The minimum absolute atomic E-state index is 0.225. The van der Waals surface area contributed by atoms with Gasteiger partial charge in [0, 0.05) is 12.5 Å². The SMILES string of the molecule is CCCCCCCC(=O)NC(/C=C/C(N)=O)/C(F)=C/CCc1ccccc1. The third-order valence-corrected chi connectivity index (χ3v) is 4.19. The molecule has 2 amide bonds. The second-order valence-corrected chi connectivity index (χ2v) is 6.58. The summed E-state index contributed by atoms with van der Waals surface area (Å²) in [5, 5.41) is 2.63.